The van der Waals surface area contributed by atoms with E-state index in [0.29, 0.717) is 21.2 Å². The Balaban J connectivity index is 1.92. The molecular formula is C13H9BrClN5O. The Morgan fingerprint density at radius 1 is 1.38 bits per heavy atom. The molecule has 0 aliphatic heterocycles. The summed E-state index contributed by atoms with van der Waals surface area (Å²) in [5, 5.41) is 2.82. The van der Waals surface area contributed by atoms with Crippen LogP contribution in [-0.2, 0) is 0 Å². The van der Waals surface area contributed by atoms with E-state index < -0.39 is 0 Å². The molecule has 2 N–H and O–H groups in total. The van der Waals surface area contributed by atoms with Gasteiger partial charge in [0.15, 0.2) is 10.8 Å². The number of nitrogens with zero attached hydrogens (tertiary/aromatic N) is 3. The summed E-state index contributed by atoms with van der Waals surface area (Å²) in [6.45, 7) is 1.95. The molecule has 8 heteroatoms. The quantitative estimate of drug-likeness (QED) is 0.681. The van der Waals surface area contributed by atoms with Gasteiger partial charge in [-0.05, 0) is 40.5 Å². The van der Waals surface area contributed by atoms with Crippen molar-refractivity contribution in [3.05, 3.63) is 45.3 Å². The van der Waals surface area contributed by atoms with E-state index in [1.165, 1.54) is 6.33 Å². The van der Waals surface area contributed by atoms with Crippen LogP contribution in [0, 0.1) is 6.92 Å². The number of benzene rings is 1. The van der Waals surface area contributed by atoms with E-state index in [0.717, 1.165) is 5.56 Å². The fraction of sp³-hybridized carbons (Fsp3) is 0.0769. The van der Waals surface area contributed by atoms with E-state index in [2.05, 4.69) is 41.2 Å². The van der Waals surface area contributed by atoms with Gasteiger partial charge >= 0.3 is 0 Å². The number of carbonyl (C=O) groups excluding carboxylic acids is 1. The minimum absolute atomic E-state index is 0.108. The number of halogens is 2. The van der Waals surface area contributed by atoms with Crippen LogP contribution >= 0.6 is 27.5 Å². The van der Waals surface area contributed by atoms with Crippen LogP contribution in [0.5, 0.6) is 0 Å². The van der Waals surface area contributed by atoms with Crippen molar-refractivity contribution >= 4 is 50.6 Å². The second-order valence-electron chi connectivity index (χ2n) is 4.38. The van der Waals surface area contributed by atoms with Crippen molar-refractivity contribution in [1.82, 2.24) is 19.9 Å². The third-order valence-electron chi connectivity index (χ3n) is 2.84. The third-order valence-corrected chi connectivity index (χ3v) is 3.77. The molecule has 3 rings (SSSR count). The molecule has 0 atom stereocenters. The second-order valence-corrected chi connectivity index (χ2v) is 5.59. The van der Waals surface area contributed by atoms with Gasteiger partial charge in [-0.15, -0.1) is 0 Å². The highest BCUT2D eigenvalue weighted by Crippen LogP contribution is 2.21. The highest BCUT2D eigenvalue weighted by Gasteiger charge is 2.14. The van der Waals surface area contributed by atoms with Crippen molar-refractivity contribution in [3.63, 3.8) is 0 Å². The van der Waals surface area contributed by atoms with Crippen molar-refractivity contribution in [2.45, 2.75) is 6.92 Å². The van der Waals surface area contributed by atoms with Gasteiger partial charge in [0.1, 0.15) is 5.52 Å². The first kappa shape index (κ1) is 14.0. The largest absolute Gasteiger partial charge is 0.341 e. The van der Waals surface area contributed by atoms with Crippen molar-refractivity contribution in [2.75, 3.05) is 5.32 Å². The highest BCUT2D eigenvalue weighted by atomic mass is 79.9. The molecule has 0 saturated heterocycles. The Hall–Kier alpha value is -1.99. The minimum atomic E-state index is -0.326. The molecular weight excluding hydrogens is 358 g/mol. The molecule has 21 heavy (non-hydrogen) atoms. The molecule has 0 fully saturated rings. The van der Waals surface area contributed by atoms with Gasteiger partial charge in [-0.2, -0.15) is 9.97 Å². The number of hydrogen-bond donors (Lipinski definition) is 2. The van der Waals surface area contributed by atoms with Crippen LogP contribution < -0.4 is 5.32 Å². The predicted molar refractivity (Wildman–Crippen MR) is 83.5 cm³/mol. The Morgan fingerprint density at radius 3 is 2.95 bits per heavy atom. The second kappa shape index (κ2) is 5.42. The first-order chi connectivity index (χ1) is 10.0. The van der Waals surface area contributed by atoms with Gasteiger partial charge in [0, 0.05) is 4.47 Å². The Morgan fingerprint density at radius 2 is 2.19 bits per heavy atom. The van der Waals surface area contributed by atoms with E-state index in [1.807, 2.05) is 19.1 Å². The zero-order valence-electron chi connectivity index (χ0n) is 10.8. The number of hydrogen-bond acceptors (Lipinski definition) is 4. The summed E-state index contributed by atoms with van der Waals surface area (Å²) in [5.74, 6) is -0.218. The highest BCUT2D eigenvalue weighted by molar-refractivity contribution is 9.10. The number of amides is 1. The maximum Gasteiger partial charge on any atom is 0.259 e. The van der Waals surface area contributed by atoms with Gasteiger partial charge in [0.05, 0.1) is 11.9 Å². The van der Waals surface area contributed by atoms with Gasteiger partial charge < -0.3 is 4.98 Å². The van der Waals surface area contributed by atoms with E-state index in [9.17, 15) is 4.79 Å². The zero-order valence-corrected chi connectivity index (χ0v) is 13.2. The molecule has 1 amide bonds. The van der Waals surface area contributed by atoms with Crippen LogP contribution in [0.2, 0.25) is 5.15 Å². The minimum Gasteiger partial charge on any atom is -0.341 e. The molecule has 0 aliphatic carbocycles. The van der Waals surface area contributed by atoms with Crippen LogP contribution in [-0.4, -0.2) is 25.8 Å². The molecule has 106 valence electrons. The molecule has 0 bridgehead atoms. The Bertz CT molecular complexity index is 848. The number of imidazole rings is 1. The van der Waals surface area contributed by atoms with Gasteiger partial charge in [0.2, 0.25) is 5.95 Å². The lowest BCUT2D eigenvalue weighted by molar-refractivity contribution is 0.102. The molecule has 2 heterocycles. The van der Waals surface area contributed by atoms with E-state index in [-0.39, 0.29) is 17.0 Å². The first-order valence-corrected chi connectivity index (χ1v) is 7.16. The molecule has 3 aromatic rings. The van der Waals surface area contributed by atoms with Gasteiger partial charge in [-0.3, -0.25) is 10.1 Å². The van der Waals surface area contributed by atoms with Gasteiger partial charge in [0.25, 0.3) is 5.91 Å². The van der Waals surface area contributed by atoms with E-state index in [1.54, 1.807) is 6.07 Å². The molecule has 0 unspecified atom stereocenters. The van der Waals surface area contributed by atoms with Crippen LogP contribution in [0.25, 0.3) is 11.2 Å². The zero-order chi connectivity index (χ0) is 15.0. The number of aryl methyl sites for hydroxylation is 1. The number of nitrogens with one attached hydrogen (secondary N) is 2. The Kier molecular flexibility index (Phi) is 3.60. The van der Waals surface area contributed by atoms with Crippen LogP contribution in [0.3, 0.4) is 0 Å². The standard InChI is InChI=1S/C13H9BrClN5O/c1-6-2-3-7(8(14)4-6)12(21)20-13-18-10(15)9-11(19-13)17-5-16-9/h2-5H,1H3,(H2,16,17,18,19,20,21). The normalized spacial score (nSPS) is 10.8. The van der Waals surface area contributed by atoms with Gasteiger partial charge in [-0.1, -0.05) is 17.7 Å². The fourth-order valence-electron chi connectivity index (χ4n) is 1.83. The number of carbonyl (C=O) groups is 1. The topological polar surface area (TPSA) is 83.6 Å². The predicted octanol–water partition coefficient (Wildman–Crippen LogP) is 3.33. The fourth-order valence-corrected chi connectivity index (χ4v) is 2.72. The smallest absolute Gasteiger partial charge is 0.259 e. The Labute approximate surface area is 133 Å². The summed E-state index contributed by atoms with van der Waals surface area (Å²) in [6.07, 6.45) is 1.47. The van der Waals surface area contributed by atoms with Crippen molar-refractivity contribution in [2.24, 2.45) is 0 Å². The number of aromatic nitrogens is 4. The van der Waals surface area contributed by atoms with Crippen molar-refractivity contribution in [3.8, 4) is 0 Å². The summed E-state index contributed by atoms with van der Waals surface area (Å²) in [7, 11) is 0. The van der Waals surface area contributed by atoms with E-state index >= 15 is 0 Å². The van der Waals surface area contributed by atoms with Crippen LogP contribution in [0.4, 0.5) is 5.95 Å². The number of H-pyrrole nitrogens is 1. The van der Waals surface area contributed by atoms with Crippen LogP contribution in [0.1, 0.15) is 15.9 Å². The number of anilines is 1. The molecule has 0 aliphatic rings. The maximum absolute atomic E-state index is 12.2. The molecule has 2 aromatic heterocycles. The number of aromatic amines is 1. The van der Waals surface area contributed by atoms with Gasteiger partial charge in [-0.25, -0.2) is 4.98 Å². The molecule has 0 spiro atoms. The summed E-state index contributed by atoms with van der Waals surface area (Å²) in [6, 6.07) is 5.44. The lowest BCUT2D eigenvalue weighted by atomic mass is 10.1. The average Bonchev–Trinajstić information content (AvgIpc) is 2.87. The van der Waals surface area contributed by atoms with E-state index in [4.69, 9.17) is 11.6 Å². The first-order valence-electron chi connectivity index (χ1n) is 5.99. The monoisotopic (exact) mass is 365 g/mol. The number of fused-ring (bicyclic) bond motifs is 1. The summed E-state index contributed by atoms with van der Waals surface area (Å²) < 4.78 is 0.701. The SMILES string of the molecule is Cc1ccc(C(=O)Nc2nc(Cl)c3[nH]cnc3n2)c(Br)c1. The summed E-state index contributed by atoms with van der Waals surface area (Å²) in [4.78, 5) is 27.2. The lowest BCUT2D eigenvalue weighted by Crippen LogP contribution is -2.15. The molecule has 1 aromatic carbocycles. The van der Waals surface area contributed by atoms with Crippen LogP contribution in [0.15, 0.2) is 29.0 Å². The lowest BCUT2D eigenvalue weighted by Gasteiger charge is -2.06. The summed E-state index contributed by atoms with van der Waals surface area (Å²) in [5.41, 5.74) is 2.47. The van der Waals surface area contributed by atoms with Crippen molar-refractivity contribution < 1.29 is 4.79 Å². The molecule has 6 nitrogen and oxygen atoms in total. The molecule has 0 saturated carbocycles. The van der Waals surface area contributed by atoms with Crippen molar-refractivity contribution in [1.29, 1.82) is 0 Å². The maximum atomic E-state index is 12.2. The third kappa shape index (κ3) is 2.74. The molecule has 0 radical (unpaired) electrons. The summed E-state index contributed by atoms with van der Waals surface area (Å²) >= 11 is 9.37. The number of rotatable bonds is 2. The average molecular weight is 367 g/mol.